The minimum atomic E-state index is 0.367. The summed E-state index contributed by atoms with van der Waals surface area (Å²) in [6.07, 6.45) is 7.67. The molecule has 0 unspecified atom stereocenters. The van der Waals surface area contributed by atoms with E-state index < -0.39 is 0 Å². The lowest BCUT2D eigenvalue weighted by atomic mass is 10.0. The fraction of sp³-hybridized carbons (Fsp3) is 0.538. The highest BCUT2D eigenvalue weighted by Gasteiger charge is 2.30. The van der Waals surface area contributed by atoms with Crippen molar-refractivity contribution in [2.24, 2.45) is 0 Å². The van der Waals surface area contributed by atoms with Crippen molar-refractivity contribution in [2.45, 2.75) is 76.4 Å². The quantitative estimate of drug-likeness (QED) is 0.496. The number of rotatable bonds is 9. The summed E-state index contributed by atoms with van der Waals surface area (Å²) in [6, 6.07) is 17.6. The van der Waals surface area contributed by atoms with Crippen LogP contribution < -0.4 is 0 Å². The molecule has 2 aromatic carbocycles. The van der Waals surface area contributed by atoms with Crippen molar-refractivity contribution in [2.75, 3.05) is 13.2 Å². The van der Waals surface area contributed by atoms with Gasteiger partial charge in [-0.2, -0.15) is 0 Å². The normalized spacial score (nSPS) is 25.6. The van der Waals surface area contributed by atoms with Crippen LogP contribution in [0.1, 0.15) is 73.6 Å². The molecule has 2 aromatic rings. The molecule has 150 valence electrons. The maximum atomic E-state index is 6.20. The maximum absolute atomic E-state index is 6.20. The molecular formula is C26H34O2. The number of hydrogen-bond donors (Lipinski definition) is 0. The van der Waals surface area contributed by atoms with E-state index in [0.717, 1.165) is 38.9 Å². The van der Waals surface area contributed by atoms with Gasteiger partial charge in [-0.05, 0) is 47.9 Å². The summed E-state index contributed by atoms with van der Waals surface area (Å²) >= 11 is 0. The number of unbranched alkanes of at least 4 members (excludes halogenated alkanes) is 3. The Morgan fingerprint density at radius 1 is 0.643 bits per heavy atom. The Morgan fingerprint density at radius 3 is 1.50 bits per heavy atom. The van der Waals surface area contributed by atoms with E-state index in [-0.39, 0.29) is 0 Å². The summed E-state index contributed by atoms with van der Waals surface area (Å²) in [4.78, 5) is 0. The van der Waals surface area contributed by atoms with Gasteiger partial charge in [0.1, 0.15) is 0 Å². The monoisotopic (exact) mass is 378 g/mol. The van der Waals surface area contributed by atoms with Crippen molar-refractivity contribution in [3.05, 3.63) is 70.8 Å². The van der Waals surface area contributed by atoms with Crippen LogP contribution in [0.5, 0.6) is 0 Å². The third-order valence-electron chi connectivity index (χ3n) is 6.75. The van der Waals surface area contributed by atoms with E-state index in [2.05, 4.69) is 62.4 Å². The zero-order valence-corrected chi connectivity index (χ0v) is 17.4. The minimum Gasteiger partial charge on any atom is -0.377 e. The molecule has 0 N–H and O–H groups in total. The second-order valence-corrected chi connectivity index (χ2v) is 8.62. The molecule has 0 saturated carbocycles. The lowest BCUT2D eigenvalue weighted by molar-refractivity contribution is 0.0378. The van der Waals surface area contributed by atoms with Gasteiger partial charge in [0.15, 0.2) is 0 Å². The van der Waals surface area contributed by atoms with Gasteiger partial charge in [0, 0.05) is 25.0 Å². The SMILES string of the molecule is C[C@H]1c2ccccc2C[C@H]1OCCCCCCO[C@@H]1Cc2ccccc2[C@@H]1C. The number of fused-ring (bicyclic) bond motifs is 2. The smallest absolute Gasteiger partial charge is 0.0681 e. The Morgan fingerprint density at radius 2 is 1.07 bits per heavy atom. The fourth-order valence-electron chi connectivity index (χ4n) is 4.95. The second kappa shape index (κ2) is 9.24. The second-order valence-electron chi connectivity index (χ2n) is 8.62. The molecule has 0 saturated heterocycles. The Labute approximate surface area is 170 Å². The van der Waals surface area contributed by atoms with Crippen molar-refractivity contribution in [1.29, 1.82) is 0 Å². The maximum Gasteiger partial charge on any atom is 0.0681 e. The van der Waals surface area contributed by atoms with Gasteiger partial charge in [-0.15, -0.1) is 0 Å². The molecule has 0 radical (unpaired) electrons. The molecule has 2 heteroatoms. The van der Waals surface area contributed by atoms with Crippen molar-refractivity contribution in [1.82, 2.24) is 0 Å². The highest BCUT2D eigenvalue weighted by atomic mass is 16.5. The van der Waals surface area contributed by atoms with Crippen molar-refractivity contribution >= 4 is 0 Å². The summed E-state index contributed by atoms with van der Waals surface area (Å²) < 4.78 is 12.4. The van der Waals surface area contributed by atoms with Gasteiger partial charge in [-0.3, -0.25) is 0 Å². The van der Waals surface area contributed by atoms with Gasteiger partial charge in [-0.1, -0.05) is 75.2 Å². The first kappa shape index (κ1) is 19.7. The van der Waals surface area contributed by atoms with E-state index in [4.69, 9.17) is 9.47 Å². The number of hydrogen-bond acceptors (Lipinski definition) is 2. The van der Waals surface area contributed by atoms with Crippen LogP contribution in [0.25, 0.3) is 0 Å². The number of benzene rings is 2. The molecule has 0 aliphatic heterocycles. The molecule has 4 rings (SSSR count). The molecule has 4 atom stereocenters. The minimum absolute atomic E-state index is 0.367. The molecule has 0 amide bonds. The van der Waals surface area contributed by atoms with E-state index in [0.29, 0.717) is 24.0 Å². The molecule has 0 bridgehead atoms. The summed E-state index contributed by atoms with van der Waals surface area (Å²) in [6.45, 7) is 6.38. The molecule has 2 aliphatic rings. The van der Waals surface area contributed by atoms with Crippen LogP contribution in [0.2, 0.25) is 0 Å². The third kappa shape index (κ3) is 4.34. The Balaban J connectivity index is 1.06. The highest BCUT2D eigenvalue weighted by molar-refractivity contribution is 5.37. The van der Waals surface area contributed by atoms with Crippen molar-refractivity contribution in [3.63, 3.8) is 0 Å². The third-order valence-corrected chi connectivity index (χ3v) is 6.75. The lowest BCUT2D eigenvalue weighted by Gasteiger charge is -2.18. The van der Waals surface area contributed by atoms with E-state index in [9.17, 15) is 0 Å². The van der Waals surface area contributed by atoms with Gasteiger partial charge in [0.25, 0.3) is 0 Å². The van der Waals surface area contributed by atoms with Crippen LogP contribution in [-0.2, 0) is 22.3 Å². The lowest BCUT2D eigenvalue weighted by Crippen LogP contribution is -2.17. The zero-order valence-electron chi connectivity index (χ0n) is 17.4. The molecule has 0 heterocycles. The molecule has 0 spiro atoms. The van der Waals surface area contributed by atoms with Crippen LogP contribution in [0.4, 0.5) is 0 Å². The van der Waals surface area contributed by atoms with Crippen LogP contribution >= 0.6 is 0 Å². The van der Waals surface area contributed by atoms with Gasteiger partial charge < -0.3 is 9.47 Å². The first-order valence-corrected chi connectivity index (χ1v) is 11.1. The van der Waals surface area contributed by atoms with Crippen LogP contribution in [-0.4, -0.2) is 25.4 Å². The topological polar surface area (TPSA) is 18.5 Å². The average Bonchev–Trinajstić information content (AvgIpc) is 3.21. The molecular weight excluding hydrogens is 344 g/mol. The van der Waals surface area contributed by atoms with Crippen molar-refractivity contribution in [3.8, 4) is 0 Å². The zero-order chi connectivity index (χ0) is 19.3. The van der Waals surface area contributed by atoms with Crippen LogP contribution in [0.15, 0.2) is 48.5 Å². The van der Waals surface area contributed by atoms with Gasteiger partial charge >= 0.3 is 0 Å². The summed E-state index contributed by atoms with van der Waals surface area (Å²) in [5, 5.41) is 0. The first-order chi connectivity index (χ1) is 13.7. The molecule has 0 aromatic heterocycles. The Hall–Kier alpha value is -1.64. The summed E-state index contributed by atoms with van der Waals surface area (Å²) in [5.74, 6) is 1.06. The standard InChI is InChI=1S/C26H34O2/c1-19-23-13-7-5-11-21(23)17-25(19)27-15-9-3-4-10-16-28-26-18-22-12-6-8-14-24(22)20(26)2/h5-8,11-14,19-20,25-26H,3-4,9-10,15-18H2,1-2H3/t19-,20-,25+,26+/m0/s1. The Kier molecular flexibility index (Phi) is 6.49. The molecule has 2 aliphatic carbocycles. The average molecular weight is 379 g/mol. The van der Waals surface area contributed by atoms with Crippen LogP contribution in [0, 0.1) is 0 Å². The van der Waals surface area contributed by atoms with Gasteiger partial charge in [0.2, 0.25) is 0 Å². The summed E-state index contributed by atoms with van der Waals surface area (Å²) in [5.41, 5.74) is 5.90. The molecule has 2 nitrogen and oxygen atoms in total. The number of ether oxygens (including phenoxy) is 2. The largest absolute Gasteiger partial charge is 0.377 e. The predicted octanol–water partition coefficient (Wildman–Crippen LogP) is 6.04. The first-order valence-electron chi connectivity index (χ1n) is 11.1. The van der Waals surface area contributed by atoms with E-state index in [1.807, 2.05) is 0 Å². The fourth-order valence-corrected chi connectivity index (χ4v) is 4.95. The molecule has 28 heavy (non-hydrogen) atoms. The van der Waals surface area contributed by atoms with E-state index in [1.165, 1.54) is 35.1 Å². The van der Waals surface area contributed by atoms with Crippen LogP contribution in [0.3, 0.4) is 0 Å². The highest BCUT2D eigenvalue weighted by Crippen LogP contribution is 2.35. The van der Waals surface area contributed by atoms with Crippen molar-refractivity contribution < 1.29 is 9.47 Å². The van der Waals surface area contributed by atoms with E-state index in [1.54, 1.807) is 0 Å². The molecule has 0 fully saturated rings. The van der Waals surface area contributed by atoms with Gasteiger partial charge in [-0.25, -0.2) is 0 Å². The Bertz CT molecular complexity index is 703. The summed E-state index contributed by atoms with van der Waals surface area (Å²) in [7, 11) is 0. The van der Waals surface area contributed by atoms with Gasteiger partial charge in [0.05, 0.1) is 12.2 Å². The predicted molar refractivity (Wildman–Crippen MR) is 115 cm³/mol. The van der Waals surface area contributed by atoms with E-state index >= 15 is 0 Å².